The van der Waals surface area contributed by atoms with Crippen LogP contribution in [0.4, 0.5) is 5.82 Å². The summed E-state index contributed by atoms with van der Waals surface area (Å²) in [6, 6.07) is 8.61. The Morgan fingerprint density at radius 3 is 2.48 bits per heavy atom. The van der Waals surface area contributed by atoms with Crippen molar-refractivity contribution < 1.29 is 9.90 Å². The number of pyridine rings is 2. The molecule has 4 aromatic heterocycles. The van der Waals surface area contributed by atoms with E-state index in [2.05, 4.69) is 26.4 Å². The summed E-state index contributed by atoms with van der Waals surface area (Å²) in [4.78, 5) is 28.0. The van der Waals surface area contributed by atoms with Crippen LogP contribution in [0.5, 0.6) is 0 Å². The molecule has 202 valence electrons. The molecule has 10 heteroatoms. The van der Waals surface area contributed by atoms with Gasteiger partial charge in [0, 0.05) is 46.7 Å². The molecule has 8 rings (SSSR count). The Labute approximate surface area is 231 Å². The molecule has 2 saturated heterocycles. The van der Waals surface area contributed by atoms with E-state index in [1.54, 1.807) is 37.0 Å². The zero-order valence-corrected chi connectivity index (χ0v) is 22.4. The minimum absolute atomic E-state index is 0.0803. The first kappa shape index (κ1) is 24.7. The van der Waals surface area contributed by atoms with Crippen LogP contribution in [0.15, 0.2) is 49.2 Å². The Kier molecular flexibility index (Phi) is 5.44. The Bertz CT molecular complexity index is 1630. The van der Waals surface area contributed by atoms with Gasteiger partial charge in [-0.25, -0.2) is 9.50 Å². The molecule has 10 nitrogen and oxygen atoms in total. The molecule has 0 aromatic carbocycles. The van der Waals surface area contributed by atoms with Crippen LogP contribution in [0.3, 0.4) is 0 Å². The van der Waals surface area contributed by atoms with E-state index in [1.807, 2.05) is 30.6 Å². The lowest BCUT2D eigenvalue weighted by molar-refractivity contribution is -0.113. The van der Waals surface area contributed by atoms with Crippen molar-refractivity contribution in [2.75, 3.05) is 4.90 Å². The highest BCUT2D eigenvalue weighted by atomic mass is 16.3. The van der Waals surface area contributed by atoms with Crippen LogP contribution in [-0.4, -0.2) is 53.7 Å². The van der Waals surface area contributed by atoms with E-state index in [-0.39, 0.29) is 5.54 Å². The van der Waals surface area contributed by atoms with Gasteiger partial charge in [-0.2, -0.15) is 10.4 Å². The molecule has 2 unspecified atom stereocenters. The summed E-state index contributed by atoms with van der Waals surface area (Å²) in [5, 5.41) is 27.7. The monoisotopic (exact) mass is 534 g/mol. The summed E-state index contributed by atoms with van der Waals surface area (Å²) in [5.74, 6) is 1.49. The van der Waals surface area contributed by atoms with Crippen molar-refractivity contribution >= 4 is 17.7 Å². The van der Waals surface area contributed by atoms with Crippen molar-refractivity contribution in [3.63, 3.8) is 0 Å². The highest BCUT2D eigenvalue weighted by Crippen LogP contribution is 2.52. The number of hydrogen-bond acceptors (Lipinski definition) is 8. The molecule has 0 radical (unpaired) electrons. The number of hydrogen-bond donors (Lipinski definition) is 2. The molecule has 4 bridgehead atoms. The molecule has 6 heterocycles. The normalized spacial score (nSPS) is 25.2. The van der Waals surface area contributed by atoms with E-state index in [0.717, 1.165) is 61.0 Å². The van der Waals surface area contributed by atoms with Gasteiger partial charge in [0.1, 0.15) is 11.9 Å². The van der Waals surface area contributed by atoms with Gasteiger partial charge in [-0.1, -0.05) is 6.07 Å². The molecule has 2 aliphatic carbocycles. The van der Waals surface area contributed by atoms with Crippen molar-refractivity contribution in [2.24, 2.45) is 5.92 Å². The lowest BCUT2D eigenvalue weighted by Gasteiger charge is -2.61. The number of aliphatic hydroxyl groups is 1. The molecule has 4 fully saturated rings. The Morgan fingerprint density at radius 2 is 1.85 bits per heavy atom. The highest BCUT2D eigenvalue weighted by molar-refractivity contribution is 5.85. The summed E-state index contributed by atoms with van der Waals surface area (Å²) in [6.07, 6.45) is 14.7. The molecular formula is C30H30N8O2. The van der Waals surface area contributed by atoms with Gasteiger partial charge in [0.05, 0.1) is 46.7 Å². The van der Waals surface area contributed by atoms with Crippen LogP contribution in [0, 0.1) is 17.2 Å². The van der Waals surface area contributed by atoms with Crippen molar-refractivity contribution in [3.05, 3.63) is 60.3 Å². The van der Waals surface area contributed by atoms with Crippen molar-refractivity contribution in [2.45, 2.75) is 69.2 Å². The first-order valence-electron chi connectivity index (χ1n) is 13.7. The first-order chi connectivity index (χ1) is 19.3. The molecule has 2 atom stereocenters. The average molecular weight is 535 g/mol. The predicted octanol–water partition coefficient (Wildman–Crippen LogP) is 3.59. The molecule has 1 amide bonds. The quantitative estimate of drug-likeness (QED) is 0.359. The smallest absolute Gasteiger partial charge is 0.207 e. The second kappa shape index (κ2) is 8.83. The van der Waals surface area contributed by atoms with Crippen molar-refractivity contribution in [3.8, 4) is 28.6 Å². The van der Waals surface area contributed by atoms with E-state index in [0.29, 0.717) is 40.5 Å². The van der Waals surface area contributed by atoms with E-state index < -0.39 is 5.60 Å². The Morgan fingerprint density at radius 1 is 1.07 bits per heavy atom. The molecule has 2 N–H and O–H groups in total. The third-order valence-electron chi connectivity index (χ3n) is 8.97. The van der Waals surface area contributed by atoms with Gasteiger partial charge in [0.25, 0.3) is 0 Å². The standard InChI is InChI=1S/C30H30N8O2/c1-29(2,40)21-3-4-25(32-13-21)19-7-24(28-20(11-31)12-36-37(28)16-19)26-14-34-27(15-33-26)38-22-5-18-6-23(38)10-30(8-18,9-22)35-17-39/h3-4,7,12-18,22-23,40H,5-6,8-10H2,1-2H3,(H,35,39). The van der Waals surface area contributed by atoms with Crippen LogP contribution in [-0.2, 0) is 10.4 Å². The Hall–Kier alpha value is -4.36. The zero-order chi connectivity index (χ0) is 27.6. The number of nitrogens with one attached hydrogen (secondary N) is 1. The van der Waals surface area contributed by atoms with E-state index in [9.17, 15) is 15.2 Å². The number of aromatic nitrogens is 5. The maximum Gasteiger partial charge on any atom is 0.207 e. The van der Waals surface area contributed by atoms with Gasteiger partial charge in [-0.3, -0.25) is 14.8 Å². The molecular weight excluding hydrogens is 504 g/mol. The van der Waals surface area contributed by atoms with Crippen LogP contribution < -0.4 is 10.2 Å². The number of rotatable bonds is 6. The number of carbonyl (C=O) groups is 1. The summed E-state index contributed by atoms with van der Waals surface area (Å²) in [7, 11) is 0. The number of nitriles is 1. The van der Waals surface area contributed by atoms with E-state index in [1.165, 1.54) is 0 Å². The maximum absolute atomic E-state index is 11.3. The van der Waals surface area contributed by atoms with Crippen LogP contribution in [0.2, 0.25) is 0 Å². The van der Waals surface area contributed by atoms with Gasteiger partial charge in [-0.05, 0) is 64.0 Å². The highest BCUT2D eigenvalue weighted by Gasteiger charge is 2.54. The van der Waals surface area contributed by atoms with Gasteiger partial charge in [-0.15, -0.1) is 0 Å². The number of anilines is 1. The number of fused-ring (bicyclic) bond motifs is 1. The fourth-order valence-corrected chi connectivity index (χ4v) is 7.36. The van der Waals surface area contributed by atoms with Crippen LogP contribution >= 0.6 is 0 Å². The topological polar surface area (TPSA) is 132 Å². The van der Waals surface area contributed by atoms with Gasteiger partial charge in [0.2, 0.25) is 6.41 Å². The number of nitrogens with zero attached hydrogens (tertiary/aromatic N) is 7. The van der Waals surface area contributed by atoms with Crippen LogP contribution in [0.1, 0.15) is 57.1 Å². The molecule has 4 aromatic rings. The average Bonchev–Trinajstić information content (AvgIpc) is 3.35. The Balaban J connectivity index is 1.25. The second-order valence-electron chi connectivity index (χ2n) is 12.1. The number of carbonyl (C=O) groups excluding carboxylic acids is 1. The predicted molar refractivity (Wildman–Crippen MR) is 148 cm³/mol. The fraction of sp³-hybridized carbons (Fsp3) is 0.400. The minimum atomic E-state index is -0.986. The van der Waals surface area contributed by atoms with Gasteiger partial charge < -0.3 is 15.3 Å². The van der Waals surface area contributed by atoms with Crippen molar-refractivity contribution in [1.82, 2.24) is 29.9 Å². The molecule has 0 spiro atoms. The summed E-state index contributed by atoms with van der Waals surface area (Å²) in [6.45, 7) is 3.45. The summed E-state index contributed by atoms with van der Waals surface area (Å²) in [5.41, 5.74) is 3.68. The van der Waals surface area contributed by atoms with Gasteiger partial charge in [0.15, 0.2) is 0 Å². The molecule has 2 aliphatic heterocycles. The second-order valence-corrected chi connectivity index (χ2v) is 12.1. The molecule has 4 aliphatic rings. The zero-order valence-electron chi connectivity index (χ0n) is 22.4. The number of amides is 1. The summed E-state index contributed by atoms with van der Waals surface area (Å²) < 4.78 is 1.69. The van der Waals surface area contributed by atoms with Crippen LogP contribution in [0.25, 0.3) is 28.0 Å². The summed E-state index contributed by atoms with van der Waals surface area (Å²) >= 11 is 0. The molecule has 2 saturated carbocycles. The van der Waals surface area contributed by atoms with Crippen molar-refractivity contribution in [1.29, 1.82) is 5.26 Å². The lowest BCUT2D eigenvalue weighted by atomic mass is 9.59. The SMILES string of the molecule is CC(C)(O)c1ccc(-c2cc(-c3cnc(N4C5CC6CC4CC(NC=O)(C6)C5)cn3)c3c(C#N)cnn3c2)nc1. The van der Waals surface area contributed by atoms with Gasteiger partial charge >= 0.3 is 0 Å². The maximum atomic E-state index is 11.3. The third kappa shape index (κ3) is 3.92. The third-order valence-corrected chi connectivity index (χ3v) is 8.97. The fourth-order valence-electron chi connectivity index (χ4n) is 7.36. The van der Waals surface area contributed by atoms with E-state index in [4.69, 9.17) is 9.97 Å². The van der Waals surface area contributed by atoms with E-state index >= 15 is 0 Å². The minimum Gasteiger partial charge on any atom is -0.386 e. The largest absolute Gasteiger partial charge is 0.386 e. The first-order valence-corrected chi connectivity index (χ1v) is 13.7. The lowest BCUT2D eigenvalue weighted by Crippen LogP contribution is -2.68. The number of piperidine rings is 2. The molecule has 40 heavy (non-hydrogen) atoms.